The molecule has 2 aromatic rings. The number of ether oxygens (including phenoxy) is 2. The van der Waals surface area contributed by atoms with Crippen molar-refractivity contribution in [3.8, 4) is 5.75 Å². The van der Waals surface area contributed by atoms with Crippen molar-refractivity contribution in [1.29, 1.82) is 0 Å². The summed E-state index contributed by atoms with van der Waals surface area (Å²) in [6, 6.07) is 12.9. The lowest BCUT2D eigenvalue weighted by Gasteiger charge is -2.34. The molecule has 1 N–H and O–H groups in total. The number of benzene rings is 2. The Labute approximate surface area is 196 Å². The fourth-order valence-corrected chi connectivity index (χ4v) is 4.90. The minimum Gasteiger partial charge on any atom is -0.491 e. The van der Waals surface area contributed by atoms with Gasteiger partial charge in [-0.1, -0.05) is 25.1 Å². The van der Waals surface area contributed by atoms with Gasteiger partial charge in [0.15, 0.2) is 0 Å². The minimum atomic E-state index is -3.77. The van der Waals surface area contributed by atoms with Gasteiger partial charge in [-0.15, -0.1) is 0 Å². The minimum absolute atomic E-state index is 0.0785. The van der Waals surface area contributed by atoms with Gasteiger partial charge in [0.2, 0.25) is 0 Å². The van der Waals surface area contributed by atoms with Crippen LogP contribution in [0, 0.1) is 5.92 Å². The molecule has 0 bridgehead atoms. The van der Waals surface area contributed by atoms with E-state index >= 15 is 0 Å². The number of methoxy groups -OCH3 is 1. The molecule has 0 saturated heterocycles. The number of sulfonamides is 1. The van der Waals surface area contributed by atoms with Gasteiger partial charge in [0.1, 0.15) is 12.4 Å². The van der Waals surface area contributed by atoms with E-state index in [0.717, 1.165) is 6.54 Å². The molecule has 0 fully saturated rings. The van der Waals surface area contributed by atoms with Crippen molar-refractivity contribution in [2.45, 2.75) is 30.9 Å². The van der Waals surface area contributed by atoms with Gasteiger partial charge in [0.25, 0.3) is 15.9 Å². The molecular formula is C24H33N3O5S. The van der Waals surface area contributed by atoms with E-state index in [1.165, 1.54) is 12.1 Å². The van der Waals surface area contributed by atoms with Crippen LogP contribution in [0.4, 0.5) is 5.69 Å². The van der Waals surface area contributed by atoms with Gasteiger partial charge in [-0.2, -0.15) is 0 Å². The van der Waals surface area contributed by atoms with Crippen LogP contribution in [0.1, 0.15) is 24.2 Å². The smallest absolute Gasteiger partial charge is 0.261 e. The van der Waals surface area contributed by atoms with Crippen LogP contribution in [0.3, 0.4) is 0 Å². The third-order valence-electron chi connectivity index (χ3n) is 6.06. The number of anilines is 1. The van der Waals surface area contributed by atoms with Crippen LogP contribution >= 0.6 is 0 Å². The molecule has 8 nitrogen and oxygen atoms in total. The second kappa shape index (κ2) is 10.5. The van der Waals surface area contributed by atoms with Crippen molar-refractivity contribution in [3.05, 3.63) is 54.1 Å². The van der Waals surface area contributed by atoms with Crippen molar-refractivity contribution in [1.82, 2.24) is 9.80 Å². The molecule has 3 atom stereocenters. The fourth-order valence-electron chi connectivity index (χ4n) is 3.83. The van der Waals surface area contributed by atoms with E-state index in [-0.39, 0.29) is 28.9 Å². The van der Waals surface area contributed by atoms with Gasteiger partial charge >= 0.3 is 0 Å². The molecule has 0 spiro atoms. The summed E-state index contributed by atoms with van der Waals surface area (Å²) in [6.45, 7) is 5.73. The first-order valence-electron chi connectivity index (χ1n) is 11.0. The van der Waals surface area contributed by atoms with Crippen molar-refractivity contribution in [3.63, 3.8) is 0 Å². The van der Waals surface area contributed by atoms with Crippen molar-refractivity contribution in [2.75, 3.05) is 45.6 Å². The largest absolute Gasteiger partial charge is 0.491 e. The van der Waals surface area contributed by atoms with E-state index in [1.807, 2.05) is 7.05 Å². The summed E-state index contributed by atoms with van der Waals surface area (Å²) in [5, 5.41) is 0. The van der Waals surface area contributed by atoms with Gasteiger partial charge < -0.3 is 14.4 Å². The maximum atomic E-state index is 13.2. The highest BCUT2D eigenvalue weighted by molar-refractivity contribution is 7.92. The number of likely N-dealkylation sites (N-methyl/N-ethyl adjacent to an activating group) is 2. The predicted octanol–water partition coefficient (Wildman–Crippen LogP) is 2.92. The zero-order valence-corrected chi connectivity index (χ0v) is 20.6. The number of hydrogen-bond acceptors (Lipinski definition) is 6. The summed E-state index contributed by atoms with van der Waals surface area (Å²) in [5.41, 5.74) is 0.697. The maximum absolute atomic E-state index is 13.2. The fraction of sp³-hybridized carbons (Fsp3) is 0.458. The highest BCUT2D eigenvalue weighted by Gasteiger charge is 2.27. The van der Waals surface area contributed by atoms with E-state index in [2.05, 4.69) is 23.5 Å². The summed E-state index contributed by atoms with van der Waals surface area (Å²) in [5.74, 6) is 0.340. The molecule has 0 radical (unpaired) electrons. The molecule has 1 aliphatic rings. The van der Waals surface area contributed by atoms with Crippen molar-refractivity contribution < 1.29 is 22.7 Å². The summed E-state index contributed by atoms with van der Waals surface area (Å²) >= 11 is 0. The summed E-state index contributed by atoms with van der Waals surface area (Å²) in [6.07, 6.45) is -0.116. The monoisotopic (exact) mass is 475 g/mol. The SMILES string of the molecule is CO[C@@H]1CN(C)C(=O)c2ccc(NS(=O)(=O)c3ccccc3)cc2OC[C@@H](C)N(C)C[C@@H]1C. The highest BCUT2D eigenvalue weighted by atomic mass is 32.2. The van der Waals surface area contributed by atoms with Gasteiger partial charge in [-0.05, 0) is 44.2 Å². The van der Waals surface area contributed by atoms with Crippen LogP contribution in [0.5, 0.6) is 5.75 Å². The standard InChI is InChI=1S/C24H33N3O5S/c1-17-14-26(3)18(2)16-32-22-13-19(25-33(29,30)20-9-7-6-8-10-20)11-12-21(22)24(28)27(4)15-23(17)31-5/h6-13,17-18,23,25H,14-16H2,1-5H3/t17-,18+,23+/m0/s1. The quantitative estimate of drug-likeness (QED) is 0.732. The van der Waals surface area contributed by atoms with Gasteiger partial charge in [0.05, 0.1) is 22.3 Å². The lowest BCUT2D eigenvalue weighted by atomic mass is 10.0. The summed E-state index contributed by atoms with van der Waals surface area (Å²) in [7, 11) is 1.66. The third-order valence-corrected chi connectivity index (χ3v) is 7.46. The number of rotatable bonds is 4. The first-order chi connectivity index (χ1) is 15.6. The van der Waals surface area contributed by atoms with Crippen LogP contribution in [0.15, 0.2) is 53.4 Å². The van der Waals surface area contributed by atoms with E-state index < -0.39 is 10.0 Å². The number of amides is 1. The first kappa shape index (κ1) is 25.0. The summed E-state index contributed by atoms with van der Waals surface area (Å²) in [4.78, 5) is 17.2. The number of nitrogens with zero attached hydrogens (tertiary/aromatic N) is 2. The molecule has 0 aromatic heterocycles. The number of fused-ring (bicyclic) bond motifs is 1. The van der Waals surface area contributed by atoms with Crippen molar-refractivity contribution in [2.24, 2.45) is 5.92 Å². The Morgan fingerprint density at radius 2 is 1.76 bits per heavy atom. The zero-order valence-electron chi connectivity index (χ0n) is 19.8. The van der Waals surface area contributed by atoms with Crippen LogP contribution in [0.25, 0.3) is 0 Å². The molecule has 0 unspecified atom stereocenters. The Morgan fingerprint density at radius 3 is 2.42 bits per heavy atom. The van der Waals surface area contributed by atoms with E-state index in [4.69, 9.17) is 9.47 Å². The van der Waals surface area contributed by atoms with Crippen LogP contribution in [-0.2, 0) is 14.8 Å². The number of nitrogens with one attached hydrogen (secondary N) is 1. The van der Waals surface area contributed by atoms with Crippen LogP contribution < -0.4 is 9.46 Å². The molecule has 1 heterocycles. The highest BCUT2D eigenvalue weighted by Crippen LogP contribution is 2.28. The number of carbonyl (C=O) groups excluding carboxylic acids is 1. The molecule has 1 amide bonds. The predicted molar refractivity (Wildman–Crippen MR) is 128 cm³/mol. The Hall–Kier alpha value is -2.62. The van der Waals surface area contributed by atoms with Crippen LogP contribution in [-0.4, -0.2) is 77.2 Å². The molecule has 33 heavy (non-hydrogen) atoms. The second-order valence-corrected chi connectivity index (χ2v) is 10.3. The second-order valence-electron chi connectivity index (χ2n) is 8.67. The maximum Gasteiger partial charge on any atom is 0.261 e. The van der Waals surface area contributed by atoms with Gasteiger partial charge in [-0.3, -0.25) is 14.4 Å². The molecule has 3 rings (SSSR count). The Kier molecular flexibility index (Phi) is 7.99. The van der Waals surface area contributed by atoms with Gasteiger partial charge in [-0.25, -0.2) is 8.42 Å². The van der Waals surface area contributed by atoms with E-state index in [0.29, 0.717) is 30.2 Å². The van der Waals surface area contributed by atoms with Crippen molar-refractivity contribution >= 4 is 21.6 Å². The van der Waals surface area contributed by atoms with E-state index in [9.17, 15) is 13.2 Å². The Morgan fingerprint density at radius 1 is 1.06 bits per heavy atom. The first-order valence-corrected chi connectivity index (χ1v) is 12.4. The Bertz CT molecular complexity index is 1060. The lowest BCUT2D eigenvalue weighted by molar-refractivity contribution is 0.0150. The third kappa shape index (κ3) is 6.04. The summed E-state index contributed by atoms with van der Waals surface area (Å²) < 4.78 is 39.8. The molecule has 1 aliphatic heterocycles. The number of carbonyl (C=O) groups is 1. The molecule has 180 valence electrons. The normalized spacial score (nSPS) is 23.1. The molecular weight excluding hydrogens is 442 g/mol. The van der Waals surface area contributed by atoms with E-state index in [1.54, 1.807) is 55.5 Å². The molecule has 2 aromatic carbocycles. The Balaban J connectivity index is 1.94. The zero-order chi connectivity index (χ0) is 24.2. The molecule has 0 aliphatic carbocycles. The topological polar surface area (TPSA) is 88.2 Å². The lowest BCUT2D eigenvalue weighted by Crippen LogP contribution is -2.45. The van der Waals surface area contributed by atoms with Gasteiger partial charge in [0, 0.05) is 39.4 Å². The average Bonchev–Trinajstić information content (AvgIpc) is 2.80. The molecule has 9 heteroatoms. The number of hydrogen-bond donors (Lipinski definition) is 1. The molecule has 0 saturated carbocycles. The average molecular weight is 476 g/mol. The van der Waals surface area contributed by atoms with Crippen LogP contribution in [0.2, 0.25) is 0 Å².